The van der Waals surface area contributed by atoms with E-state index in [0.29, 0.717) is 38.3 Å². The average molecular weight is 427 g/mol. The zero-order valence-corrected chi connectivity index (χ0v) is 17.6. The van der Waals surface area contributed by atoms with Crippen LogP contribution in [0.2, 0.25) is 5.02 Å². The van der Waals surface area contributed by atoms with E-state index in [2.05, 4.69) is 5.32 Å². The number of amides is 3. The van der Waals surface area contributed by atoms with Gasteiger partial charge in [-0.05, 0) is 26.0 Å². The number of nitrogens with two attached hydrogens (primary N) is 1. The Morgan fingerprint density at radius 3 is 2.41 bits per heavy atom. The molecule has 3 amide bonds. The topological polar surface area (TPSA) is 114 Å². The monoisotopic (exact) mass is 426 g/mol. The second-order valence-electron chi connectivity index (χ2n) is 7.04. The molecule has 29 heavy (non-hydrogen) atoms. The quantitative estimate of drug-likeness (QED) is 0.625. The first-order valence-electron chi connectivity index (χ1n) is 9.31. The van der Waals surface area contributed by atoms with E-state index in [-0.39, 0.29) is 41.0 Å². The van der Waals surface area contributed by atoms with E-state index in [4.69, 9.17) is 26.8 Å². The van der Waals surface area contributed by atoms with Crippen LogP contribution >= 0.6 is 11.6 Å². The highest BCUT2D eigenvalue weighted by Crippen LogP contribution is 2.36. The fourth-order valence-electron chi connectivity index (χ4n) is 2.99. The second-order valence-corrected chi connectivity index (χ2v) is 7.44. The van der Waals surface area contributed by atoms with Gasteiger partial charge >= 0.3 is 0 Å². The van der Waals surface area contributed by atoms with Crippen LogP contribution < -0.4 is 20.5 Å². The molecule has 1 aromatic carbocycles. The standard InChI is InChI=1S/C19H27ClN4O5/c1-12(2)22-17(26)10-23-4-6-24(7-5-23)19(27)13-8-14(20)18(15(9-13)28-3)29-11-16(21)25/h8-9,12H,4-7,10-11H2,1-3H3,(H2,21,25)(H,22,26). The molecule has 0 bridgehead atoms. The van der Waals surface area contributed by atoms with Crippen molar-refractivity contribution in [3.8, 4) is 11.5 Å². The Kier molecular flexibility index (Phi) is 8.10. The summed E-state index contributed by atoms with van der Waals surface area (Å²) in [5, 5.41) is 3.01. The number of piperazine rings is 1. The first-order chi connectivity index (χ1) is 13.7. The first kappa shape index (κ1) is 22.8. The number of hydrogen-bond acceptors (Lipinski definition) is 6. The van der Waals surface area contributed by atoms with Crippen molar-refractivity contribution in [3.05, 3.63) is 22.7 Å². The largest absolute Gasteiger partial charge is 0.493 e. The fraction of sp³-hybridized carbons (Fsp3) is 0.526. The molecule has 1 aliphatic rings. The number of nitrogens with zero attached hydrogens (tertiary/aromatic N) is 2. The molecule has 1 saturated heterocycles. The Hall–Kier alpha value is -2.52. The van der Waals surface area contributed by atoms with Gasteiger partial charge in [0.25, 0.3) is 11.8 Å². The minimum absolute atomic E-state index is 0.0251. The summed E-state index contributed by atoms with van der Waals surface area (Å²) in [7, 11) is 1.41. The van der Waals surface area contributed by atoms with Crippen LogP contribution in [-0.4, -0.2) is 80.0 Å². The summed E-state index contributed by atoms with van der Waals surface area (Å²) >= 11 is 6.22. The van der Waals surface area contributed by atoms with Crippen LogP contribution in [0, 0.1) is 0 Å². The highest BCUT2D eigenvalue weighted by atomic mass is 35.5. The summed E-state index contributed by atoms with van der Waals surface area (Å²) < 4.78 is 10.5. The predicted molar refractivity (Wildman–Crippen MR) is 108 cm³/mol. The van der Waals surface area contributed by atoms with Crippen molar-refractivity contribution in [3.63, 3.8) is 0 Å². The molecule has 10 heteroatoms. The van der Waals surface area contributed by atoms with Crippen molar-refractivity contribution < 1.29 is 23.9 Å². The molecule has 1 fully saturated rings. The van der Waals surface area contributed by atoms with Gasteiger partial charge in [0.2, 0.25) is 5.91 Å². The summed E-state index contributed by atoms with van der Waals surface area (Å²) in [6.45, 7) is 5.98. The van der Waals surface area contributed by atoms with Crippen molar-refractivity contribution in [2.24, 2.45) is 5.73 Å². The fourth-order valence-corrected chi connectivity index (χ4v) is 3.25. The zero-order valence-electron chi connectivity index (χ0n) is 16.9. The van der Waals surface area contributed by atoms with Crippen molar-refractivity contribution in [1.82, 2.24) is 15.1 Å². The van der Waals surface area contributed by atoms with Crippen molar-refractivity contribution in [2.45, 2.75) is 19.9 Å². The lowest BCUT2D eigenvalue weighted by Gasteiger charge is -2.34. The number of methoxy groups -OCH3 is 1. The molecule has 3 N–H and O–H groups in total. The maximum atomic E-state index is 12.9. The number of hydrogen-bond donors (Lipinski definition) is 2. The van der Waals surface area contributed by atoms with Gasteiger partial charge < -0.3 is 25.4 Å². The van der Waals surface area contributed by atoms with Gasteiger partial charge in [-0.25, -0.2) is 0 Å². The van der Waals surface area contributed by atoms with E-state index in [1.54, 1.807) is 4.90 Å². The van der Waals surface area contributed by atoms with Gasteiger partial charge in [-0.3, -0.25) is 19.3 Å². The SMILES string of the molecule is COc1cc(C(=O)N2CCN(CC(=O)NC(C)C)CC2)cc(Cl)c1OCC(N)=O. The normalized spacial score (nSPS) is 14.6. The van der Waals surface area contributed by atoms with Crippen LogP contribution in [0.4, 0.5) is 0 Å². The van der Waals surface area contributed by atoms with Crippen molar-refractivity contribution in [2.75, 3.05) is 46.4 Å². The van der Waals surface area contributed by atoms with E-state index in [1.807, 2.05) is 18.7 Å². The van der Waals surface area contributed by atoms with Crippen LogP contribution in [0.15, 0.2) is 12.1 Å². The van der Waals surface area contributed by atoms with Gasteiger partial charge in [0.15, 0.2) is 18.1 Å². The number of primary amides is 1. The third kappa shape index (κ3) is 6.50. The van der Waals surface area contributed by atoms with Crippen LogP contribution in [0.25, 0.3) is 0 Å². The average Bonchev–Trinajstić information content (AvgIpc) is 2.65. The maximum absolute atomic E-state index is 12.9. The molecule has 0 aliphatic carbocycles. The van der Waals surface area contributed by atoms with Gasteiger partial charge in [-0.1, -0.05) is 11.6 Å². The summed E-state index contributed by atoms with van der Waals surface area (Å²) in [4.78, 5) is 39.4. The third-order valence-electron chi connectivity index (χ3n) is 4.31. The van der Waals surface area contributed by atoms with E-state index in [1.165, 1.54) is 19.2 Å². The highest BCUT2D eigenvalue weighted by Gasteiger charge is 2.25. The summed E-state index contributed by atoms with van der Waals surface area (Å²) in [6.07, 6.45) is 0. The lowest BCUT2D eigenvalue weighted by molar-refractivity contribution is -0.123. The molecule has 9 nitrogen and oxygen atoms in total. The Balaban J connectivity index is 2.01. The maximum Gasteiger partial charge on any atom is 0.255 e. The number of carbonyl (C=O) groups excluding carboxylic acids is 3. The van der Waals surface area contributed by atoms with E-state index >= 15 is 0 Å². The zero-order chi connectivity index (χ0) is 21.6. The smallest absolute Gasteiger partial charge is 0.255 e. The summed E-state index contributed by atoms with van der Waals surface area (Å²) in [5.74, 6) is -0.472. The van der Waals surface area contributed by atoms with Gasteiger partial charge in [-0.2, -0.15) is 0 Å². The molecule has 0 aromatic heterocycles. The Bertz CT molecular complexity index is 763. The van der Waals surface area contributed by atoms with Gasteiger partial charge in [0.1, 0.15) is 0 Å². The van der Waals surface area contributed by atoms with Gasteiger partial charge in [0, 0.05) is 37.8 Å². The Labute approximate surface area is 175 Å². The summed E-state index contributed by atoms with van der Waals surface area (Å²) in [6, 6.07) is 3.10. The lowest BCUT2D eigenvalue weighted by atomic mass is 10.1. The lowest BCUT2D eigenvalue weighted by Crippen LogP contribution is -2.51. The molecule has 160 valence electrons. The number of benzene rings is 1. The summed E-state index contributed by atoms with van der Waals surface area (Å²) in [5.41, 5.74) is 5.44. The highest BCUT2D eigenvalue weighted by molar-refractivity contribution is 6.32. The molecular formula is C19H27ClN4O5. The molecular weight excluding hydrogens is 400 g/mol. The first-order valence-corrected chi connectivity index (χ1v) is 9.68. The minimum Gasteiger partial charge on any atom is -0.493 e. The Morgan fingerprint density at radius 1 is 1.21 bits per heavy atom. The molecule has 1 aromatic rings. The number of rotatable bonds is 8. The molecule has 0 radical (unpaired) electrons. The Morgan fingerprint density at radius 2 is 1.86 bits per heavy atom. The molecule has 1 aliphatic heterocycles. The number of halogens is 1. The van der Waals surface area contributed by atoms with Gasteiger partial charge in [0.05, 0.1) is 18.7 Å². The second kappa shape index (κ2) is 10.3. The van der Waals surface area contributed by atoms with Crippen LogP contribution in [-0.2, 0) is 9.59 Å². The number of ether oxygens (including phenoxy) is 2. The van der Waals surface area contributed by atoms with Crippen molar-refractivity contribution in [1.29, 1.82) is 0 Å². The molecule has 2 rings (SSSR count). The van der Waals surface area contributed by atoms with Crippen molar-refractivity contribution >= 4 is 29.3 Å². The van der Waals surface area contributed by atoms with Crippen LogP contribution in [0.5, 0.6) is 11.5 Å². The number of nitrogens with one attached hydrogen (secondary N) is 1. The predicted octanol–water partition coefficient (Wildman–Crippen LogP) is 0.495. The van der Waals surface area contributed by atoms with Gasteiger partial charge in [-0.15, -0.1) is 0 Å². The molecule has 0 saturated carbocycles. The molecule has 0 spiro atoms. The third-order valence-corrected chi connectivity index (χ3v) is 4.59. The molecule has 1 heterocycles. The van der Waals surface area contributed by atoms with E-state index in [0.717, 1.165) is 0 Å². The minimum atomic E-state index is -0.650. The molecule has 0 atom stereocenters. The molecule has 0 unspecified atom stereocenters. The van der Waals surface area contributed by atoms with Crippen LogP contribution in [0.1, 0.15) is 24.2 Å². The number of carbonyl (C=O) groups is 3. The van der Waals surface area contributed by atoms with Crippen LogP contribution in [0.3, 0.4) is 0 Å². The van der Waals surface area contributed by atoms with E-state index < -0.39 is 5.91 Å². The van der Waals surface area contributed by atoms with E-state index in [9.17, 15) is 14.4 Å².